The van der Waals surface area contributed by atoms with Gasteiger partial charge in [0.2, 0.25) is 10.1 Å². The van der Waals surface area contributed by atoms with E-state index < -0.39 is 0 Å². The molecule has 2 aliphatic rings. The molecule has 0 spiro atoms. The average molecular weight is 453 g/mol. The fraction of sp³-hybridized carbons (Fsp3) is 0.500. The first-order valence-electron chi connectivity index (χ1n) is 9.67. The zero-order valence-corrected chi connectivity index (χ0v) is 19.0. The normalized spacial score (nSPS) is 17.0. The summed E-state index contributed by atoms with van der Waals surface area (Å²) in [5, 5.41) is 1.66. The van der Waals surface area contributed by atoms with E-state index in [0.717, 1.165) is 63.0 Å². The van der Waals surface area contributed by atoms with Crippen molar-refractivity contribution in [2.45, 2.75) is 38.5 Å². The van der Waals surface area contributed by atoms with Crippen molar-refractivity contribution in [2.24, 2.45) is 0 Å². The van der Waals surface area contributed by atoms with Crippen LogP contribution < -0.4 is 0 Å². The number of hydrogen-bond donors (Lipinski definition) is 0. The zero-order valence-electron chi connectivity index (χ0n) is 15.7. The summed E-state index contributed by atoms with van der Waals surface area (Å²) in [6.07, 6.45) is 7.05. The first kappa shape index (κ1) is 21.5. The first-order chi connectivity index (χ1) is 13.5. The zero-order chi connectivity index (χ0) is 19.9. The van der Waals surface area contributed by atoms with Crippen LogP contribution in [0.1, 0.15) is 49.7 Å². The molecule has 0 bridgehead atoms. The Labute approximate surface area is 188 Å². The lowest BCUT2D eigenvalue weighted by Crippen LogP contribution is -2.37. The van der Waals surface area contributed by atoms with Crippen LogP contribution in [0.25, 0.3) is 0 Å². The van der Waals surface area contributed by atoms with E-state index in [9.17, 15) is 0 Å². The lowest BCUT2D eigenvalue weighted by atomic mass is 10.1. The second kappa shape index (κ2) is 10.5. The van der Waals surface area contributed by atoms with E-state index in [1.54, 1.807) is 0 Å². The average Bonchev–Trinajstić information content (AvgIpc) is 2.75. The molecule has 0 unspecified atom stereocenters. The summed E-state index contributed by atoms with van der Waals surface area (Å²) >= 11 is 21.6. The molecular formula is C20H24N2O2S4. The van der Waals surface area contributed by atoms with E-state index in [2.05, 4.69) is 9.80 Å². The van der Waals surface area contributed by atoms with Crippen molar-refractivity contribution in [1.29, 1.82) is 0 Å². The van der Waals surface area contributed by atoms with Gasteiger partial charge in [0.25, 0.3) is 10.3 Å². The summed E-state index contributed by atoms with van der Waals surface area (Å²) in [4.78, 5) is 4.15. The van der Waals surface area contributed by atoms with Crippen LogP contribution in [0.4, 0.5) is 0 Å². The number of likely N-dealkylation sites (tertiary alicyclic amines) is 2. The molecule has 0 N–H and O–H groups in total. The fourth-order valence-electron chi connectivity index (χ4n) is 3.30. The van der Waals surface area contributed by atoms with Crippen molar-refractivity contribution in [1.82, 2.24) is 9.80 Å². The number of benzene rings is 1. The third-order valence-electron chi connectivity index (χ3n) is 4.94. The summed E-state index contributed by atoms with van der Waals surface area (Å²) in [5.41, 5.74) is 1.58. The summed E-state index contributed by atoms with van der Waals surface area (Å²) in [5.74, 6) is 0. The number of rotatable bonds is 2. The third kappa shape index (κ3) is 5.89. The summed E-state index contributed by atoms with van der Waals surface area (Å²) in [6.45, 7) is 3.73. The van der Waals surface area contributed by atoms with Crippen LogP contribution in [-0.4, -0.2) is 56.4 Å². The molecule has 0 saturated carbocycles. The van der Waals surface area contributed by atoms with E-state index in [1.165, 1.54) is 12.8 Å². The minimum Gasteiger partial charge on any atom is -0.419 e. The van der Waals surface area contributed by atoms with Crippen LogP contribution in [0.3, 0.4) is 0 Å². The van der Waals surface area contributed by atoms with Crippen molar-refractivity contribution < 1.29 is 9.47 Å². The molecule has 3 rings (SSSR count). The van der Waals surface area contributed by atoms with Gasteiger partial charge in [0, 0.05) is 37.3 Å². The van der Waals surface area contributed by atoms with Crippen molar-refractivity contribution in [2.75, 3.05) is 26.2 Å². The van der Waals surface area contributed by atoms with Crippen LogP contribution in [0.5, 0.6) is 0 Å². The molecule has 28 heavy (non-hydrogen) atoms. The highest BCUT2D eigenvalue weighted by Crippen LogP contribution is 2.15. The molecule has 2 heterocycles. The summed E-state index contributed by atoms with van der Waals surface area (Å²) in [7, 11) is 0. The highest BCUT2D eigenvalue weighted by molar-refractivity contribution is 7.82. The van der Waals surface area contributed by atoms with Gasteiger partial charge in [0.1, 0.15) is 0 Å². The number of piperidine rings is 2. The number of thiocarbonyl (C=S) groups is 4. The number of ether oxygens (including phenoxy) is 2. The molecule has 2 saturated heterocycles. The Morgan fingerprint density at radius 2 is 0.893 bits per heavy atom. The third-order valence-corrected chi connectivity index (χ3v) is 6.27. The van der Waals surface area contributed by atoms with Gasteiger partial charge in [0.15, 0.2) is 0 Å². The molecule has 2 fully saturated rings. The van der Waals surface area contributed by atoms with Gasteiger partial charge in [-0.05, 0) is 112 Å². The molecule has 8 heteroatoms. The highest BCUT2D eigenvalue weighted by atomic mass is 32.1. The maximum Gasteiger partial charge on any atom is 0.265 e. The monoisotopic (exact) mass is 452 g/mol. The molecular weight excluding hydrogens is 429 g/mol. The molecule has 4 nitrogen and oxygen atoms in total. The Morgan fingerprint density at radius 3 is 1.21 bits per heavy atom. The summed E-state index contributed by atoms with van der Waals surface area (Å²) in [6, 6.07) is 7.48. The SMILES string of the molecule is S=C(OC(=S)N1CCCCC1)c1ccc(C(=S)OC(=S)N2CCCCC2)cc1. The van der Waals surface area contributed by atoms with Gasteiger partial charge in [-0.1, -0.05) is 0 Å². The van der Waals surface area contributed by atoms with Gasteiger partial charge >= 0.3 is 0 Å². The predicted octanol–water partition coefficient (Wildman–Crippen LogP) is 4.61. The standard InChI is InChI=1S/C20H24N2O2S4/c25-17(23-19(27)21-11-3-1-4-12-21)15-7-9-16(10-8-15)18(26)24-20(28)22-13-5-2-6-14-22/h7-10H,1-6,11-14H2. The van der Waals surface area contributed by atoms with E-state index in [1.807, 2.05) is 24.3 Å². The van der Waals surface area contributed by atoms with Gasteiger partial charge < -0.3 is 19.3 Å². The fourth-order valence-corrected chi connectivity index (χ4v) is 4.37. The Kier molecular flexibility index (Phi) is 8.08. The Hall–Kier alpha value is -1.22. The van der Waals surface area contributed by atoms with Crippen molar-refractivity contribution in [3.05, 3.63) is 35.4 Å². The molecule has 0 atom stereocenters. The maximum absolute atomic E-state index is 5.72. The predicted molar refractivity (Wildman–Crippen MR) is 128 cm³/mol. The molecule has 2 aliphatic heterocycles. The number of nitrogens with zero attached hydrogens (tertiary/aromatic N) is 2. The number of hydrogen-bond acceptors (Lipinski definition) is 6. The highest BCUT2D eigenvalue weighted by Gasteiger charge is 2.18. The summed E-state index contributed by atoms with van der Waals surface area (Å²) < 4.78 is 11.4. The lowest BCUT2D eigenvalue weighted by Gasteiger charge is -2.28. The van der Waals surface area contributed by atoms with E-state index in [-0.39, 0.29) is 0 Å². The van der Waals surface area contributed by atoms with E-state index in [4.69, 9.17) is 58.3 Å². The van der Waals surface area contributed by atoms with Crippen molar-refractivity contribution in [3.8, 4) is 0 Å². The minimum atomic E-state index is 0.373. The van der Waals surface area contributed by atoms with Crippen molar-refractivity contribution in [3.63, 3.8) is 0 Å². The molecule has 0 radical (unpaired) electrons. The lowest BCUT2D eigenvalue weighted by molar-refractivity contribution is 0.299. The topological polar surface area (TPSA) is 24.9 Å². The van der Waals surface area contributed by atoms with Gasteiger partial charge in [-0.2, -0.15) is 0 Å². The van der Waals surface area contributed by atoms with Gasteiger partial charge in [-0.15, -0.1) is 0 Å². The van der Waals surface area contributed by atoms with E-state index >= 15 is 0 Å². The molecule has 150 valence electrons. The van der Waals surface area contributed by atoms with Crippen molar-refractivity contribution >= 4 is 69.3 Å². The largest absolute Gasteiger partial charge is 0.419 e. The Balaban J connectivity index is 1.53. The molecule has 1 aromatic rings. The van der Waals surface area contributed by atoms with Crippen LogP contribution in [0.15, 0.2) is 24.3 Å². The molecule has 0 aliphatic carbocycles. The van der Waals surface area contributed by atoms with Crippen LogP contribution in [-0.2, 0) is 9.47 Å². The quantitative estimate of drug-likeness (QED) is 0.600. The Bertz CT molecular complexity index is 676. The molecule has 0 aromatic heterocycles. The second-order valence-corrected chi connectivity index (χ2v) is 8.42. The van der Waals surface area contributed by atoms with E-state index in [0.29, 0.717) is 20.5 Å². The van der Waals surface area contributed by atoms with Gasteiger partial charge in [-0.3, -0.25) is 0 Å². The van der Waals surface area contributed by atoms with Crippen LogP contribution in [0.2, 0.25) is 0 Å². The van der Waals surface area contributed by atoms with Crippen LogP contribution in [0, 0.1) is 0 Å². The Morgan fingerprint density at radius 1 is 0.571 bits per heavy atom. The molecule has 1 aromatic carbocycles. The smallest absolute Gasteiger partial charge is 0.265 e. The molecule has 0 amide bonds. The second-order valence-electron chi connectivity index (χ2n) is 6.98. The first-order valence-corrected chi connectivity index (χ1v) is 11.3. The maximum atomic E-state index is 5.72. The minimum absolute atomic E-state index is 0.373. The van der Waals surface area contributed by atoms with Gasteiger partial charge in [-0.25, -0.2) is 0 Å². The van der Waals surface area contributed by atoms with Gasteiger partial charge in [0.05, 0.1) is 0 Å². The van der Waals surface area contributed by atoms with Crippen LogP contribution >= 0.6 is 48.9 Å².